The highest BCUT2D eigenvalue weighted by molar-refractivity contribution is 6.31. The number of benzene rings is 2. The molecule has 12 heteroatoms. The number of nitrogens with one attached hydrogen (secondary N) is 4. The summed E-state index contributed by atoms with van der Waals surface area (Å²) in [4.78, 5) is 13.7. The molecule has 0 aromatic heterocycles. The molecule has 4 atom stereocenters. The van der Waals surface area contributed by atoms with Crippen molar-refractivity contribution in [2.45, 2.75) is 63.3 Å². The summed E-state index contributed by atoms with van der Waals surface area (Å²) >= 11 is 12.2. The van der Waals surface area contributed by atoms with E-state index in [-0.39, 0.29) is 46.6 Å². The third-order valence-electron chi connectivity index (χ3n) is 7.15. The Hall–Kier alpha value is -2.60. The summed E-state index contributed by atoms with van der Waals surface area (Å²) in [6, 6.07) is 6.20. The molecule has 8 nitrogen and oxygen atoms in total. The second kappa shape index (κ2) is 12.7. The molecule has 3 rings (SSSR count). The fourth-order valence-corrected chi connectivity index (χ4v) is 5.45. The average molecular weight is 613 g/mol. The standard InChI is InChI=1S/C29H37Cl2F2N5O3/c1-27(2,15-39)13-21-29(35,18-9-8-16(30)12-20(18)32)23(17-6-5-7-19(31)24(17)33)25(37-21)26(40)38-22(34)10-11-36-14-28(3,4)41/h5-12,21,23,25,36-37,39,41H,13-15,35H2,1-4H3,(H2,34,38,40)/b11-10-/t21-,23-,25+,29+/m0/s1. The van der Waals surface area contributed by atoms with Gasteiger partial charge in [0.2, 0.25) is 5.91 Å². The van der Waals surface area contributed by atoms with E-state index in [1.54, 1.807) is 27.7 Å². The van der Waals surface area contributed by atoms with E-state index in [0.717, 1.165) is 6.07 Å². The van der Waals surface area contributed by atoms with Gasteiger partial charge in [0.15, 0.2) is 0 Å². The summed E-state index contributed by atoms with van der Waals surface area (Å²) in [7, 11) is 0. The third-order valence-corrected chi connectivity index (χ3v) is 7.67. The van der Waals surface area contributed by atoms with Gasteiger partial charge >= 0.3 is 0 Å². The molecule has 0 radical (unpaired) electrons. The molecule has 1 saturated heterocycles. The van der Waals surface area contributed by atoms with Crippen molar-refractivity contribution in [2.24, 2.45) is 11.1 Å². The predicted octanol–water partition coefficient (Wildman–Crippen LogP) is 3.93. The molecule has 0 spiro atoms. The second-order valence-electron chi connectivity index (χ2n) is 11.8. The first-order valence-electron chi connectivity index (χ1n) is 13.1. The van der Waals surface area contributed by atoms with Crippen LogP contribution in [0.3, 0.4) is 0 Å². The molecule has 0 bridgehead atoms. The zero-order valence-corrected chi connectivity index (χ0v) is 24.9. The molecule has 41 heavy (non-hydrogen) atoms. The highest BCUT2D eigenvalue weighted by atomic mass is 35.5. The van der Waals surface area contributed by atoms with Gasteiger partial charge in [0.1, 0.15) is 17.5 Å². The zero-order chi connectivity index (χ0) is 30.8. The first-order chi connectivity index (χ1) is 19.0. The van der Waals surface area contributed by atoms with E-state index in [1.165, 1.54) is 42.6 Å². The van der Waals surface area contributed by atoms with Crippen molar-refractivity contribution >= 4 is 34.9 Å². The molecule has 1 aliphatic rings. The Balaban J connectivity index is 2.11. The van der Waals surface area contributed by atoms with E-state index in [2.05, 4.69) is 16.0 Å². The number of aliphatic hydroxyl groups excluding tert-OH is 1. The number of amides is 1. The van der Waals surface area contributed by atoms with Gasteiger partial charge in [-0.2, -0.15) is 0 Å². The molecule has 2 aromatic carbocycles. The lowest BCUT2D eigenvalue weighted by Crippen LogP contribution is -2.53. The maximum Gasteiger partial charge on any atom is 0.243 e. The SMILES string of the molecule is CC(C)(O)CN/C=C\C(=N)NC(=O)[C@@H]1N[C@@H](CC(C)(C)CO)[C@](N)(c2ccc(Cl)cc2F)[C@H]1c1cccc(Cl)c1F. The van der Waals surface area contributed by atoms with Crippen LogP contribution >= 0.6 is 23.2 Å². The van der Waals surface area contributed by atoms with Crippen LogP contribution in [0, 0.1) is 22.5 Å². The lowest BCUT2D eigenvalue weighted by molar-refractivity contribution is -0.121. The Morgan fingerprint density at radius 3 is 2.51 bits per heavy atom. The number of hydrogen-bond acceptors (Lipinski definition) is 7. The van der Waals surface area contributed by atoms with Crippen LogP contribution in [0.1, 0.15) is 51.2 Å². The fraction of sp³-hybridized carbons (Fsp3) is 0.448. The number of aliphatic hydroxyl groups is 2. The quantitative estimate of drug-likeness (QED) is 0.160. The molecule has 1 heterocycles. The summed E-state index contributed by atoms with van der Waals surface area (Å²) < 4.78 is 31.2. The van der Waals surface area contributed by atoms with Gasteiger partial charge in [-0.3, -0.25) is 10.2 Å². The number of rotatable bonds is 10. The Bertz CT molecular complexity index is 1320. The van der Waals surface area contributed by atoms with Crippen molar-refractivity contribution < 1.29 is 23.8 Å². The van der Waals surface area contributed by atoms with Crippen molar-refractivity contribution in [2.75, 3.05) is 13.2 Å². The highest BCUT2D eigenvalue weighted by Gasteiger charge is 2.58. The summed E-state index contributed by atoms with van der Waals surface area (Å²) in [5.74, 6) is -3.74. The lowest BCUT2D eigenvalue weighted by Gasteiger charge is -2.40. The summed E-state index contributed by atoms with van der Waals surface area (Å²) in [5, 5.41) is 36.5. The van der Waals surface area contributed by atoms with Gasteiger partial charge in [0, 0.05) is 41.9 Å². The first kappa shape index (κ1) is 32.9. The smallest absolute Gasteiger partial charge is 0.243 e. The maximum absolute atomic E-state index is 15.6. The van der Waals surface area contributed by atoms with Crippen molar-refractivity contribution in [3.05, 3.63) is 81.5 Å². The number of hydrogen-bond donors (Lipinski definition) is 7. The Morgan fingerprint density at radius 2 is 1.90 bits per heavy atom. The van der Waals surface area contributed by atoms with E-state index in [9.17, 15) is 15.0 Å². The van der Waals surface area contributed by atoms with Crippen molar-refractivity contribution in [3.8, 4) is 0 Å². The van der Waals surface area contributed by atoms with Gasteiger partial charge in [-0.15, -0.1) is 0 Å². The van der Waals surface area contributed by atoms with Crippen LogP contribution in [0.25, 0.3) is 0 Å². The van der Waals surface area contributed by atoms with Gasteiger partial charge < -0.3 is 31.9 Å². The van der Waals surface area contributed by atoms with Crippen LogP contribution in [0.5, 0.6) is 0 Å². The van der Waals surface area contributed by atoms with Gasteiger partial charge in [0.25, 0.3) is 0 Å². The molecule has 224 valence electrons. The van der Waals surface area contributed by atoms with Crippen molar-refractivity contribution in [1.82, 2.24) is 16.0 Å². The number of halogens is 4. The predicted molar refractivity (Wildman–Crippen MR) is 157 cm³/mol. The van der Waals surface area contributed by atoms with Crippen LogP contribution in [0.4, 0.5) is 8.78 Å². The Kier molecular flexibility index (Phi) is 10.2. The fourth-order valence-electron chi connectivity index (χ4n) is 5.11. The van der Waals surface area contributed by atoms with Gasteiger partial charge in [-0.25, -0.2) is 8.78 Å². The van der Waals surface area contributed by atoms with Gasteiger partial charge in [0.05, 0.1) is 22.2 Å². The number of carbonyl (C=O) groups is 1. The summed E-state index contributed by atoms with van der Waals surface area (Å²) in [6.45, 7) is 6.77. The minimum absolute atomic E-state index is 0.00129. The molecule has 0 saturated carbocycles. The Morgan fingerprint density at radius 1 is 1.22 bits per heavy atom. The molecule has 0 unspecified atom stereocenters. The van der Waals surface area contributed by atoms with Gasteiger partial charge in [-0.05, 0) is 55.5 Å². The Labute approximate surface area is 248 Å². The topological polar surface area (TPSA) is 143 Å². The molecule has 0 aliphatic carbocycles. The van der Waals surface area contributed by atoms with Crippen molar-refractivity contribution in [1.29, 1.82) is 5.41 Å². The second-order valence-corrected chi connectivity index (χ2v) is 12.7. The molecule has 1 fully saturated rings. The molecule has 8 N–H and O–H groups in total. The number of amidine groups is 1. The number of nitrogens with two attached hydrogens (primary N) is 1. The lowest BCUT2D eigenvalue weighted by atomic mass is 9.68. The molecule has 1 aliphatic heterocycles. The minimum Gasteiger partial charge on any atom is -0.396 e. The first-order valence-corrected chi connectivity index (χ1v) is 13.8. The van der Waals surface area contributed by atoms with Crippen molar-refractivity contribution in [3.63, 3.8) is 0 Å². The van der Waals surface area contributed by atoms with Gasteiger partial charge in [-0.1, -0.05) is 55.2 Å². The zero-order valence-electron chi connectivity index (χ0n) is 23.4. The molecular weight excluding hydrogens is 575 g/mol. The van der Waals surface area contributed by atoms with E-state index < -0.39 is 52.1 Å². The van der Waals surface area contributed by atoms with Crippen LogP contribution < -0.4 is 21.7 Å². The van der Waals surface area contributed by atoms with Crippen LogP contribution in [0.2, 0.25) is 10.0 Å². The normalized spacial score (nSPS) is 23.1. The minimum atomic E-state index is -1.72. The van der Waals surface area contributed by atoms with E-state index in [4.69, 9.17) is 34.3 Å². The van der Waals surface area contributed by atoms with E-state index in [1.807, 2.05) is 0 Å². The third kappa shape index (κ3) is 7.63. The summed E-state index contributed by atoms with van der Waals surface area (Å²) in [6.07, 6.45) is 2.87. The average Bonchev–Trinajstić information content (AvgIpc) is 3.15. The van der Waals surface area contributed by atoms with Crippen LogP contribution in [-0.2, 0) is 10.3 Å². The van der Waals surface area contributed by atoms with E-state index in [0.29, 0.717) is 0 Å². The largest absolute Gasteiger partial charge is 0.396 e. The number of carbonyl (C=O) groups excluding carboxylic acids is 1. The summed E-state index contributed by atoms with van der Waals surface area (Å²) in [5.41, 5.74) is 3.67. The monoisotopic (exact) mass is 611 g/mol. The molecule has 1 amide bonds. The highest BCUT2D eigenvalue weighted by Crippen LogP contribution is 2.49. The molecule has 2 aromatic rings. The van der Waals surface area contributed by atoms with Crippen LogP contribution in [0.15, 0.2) is 48.7 Å². The van der Waals surface area contributed by atoms with Crippen LogP contribution in [-0.4, -0.2) is 52.8 Å². The van der Waals surface area contributed by atoms with E-state index >= 15 is 8.78 Å². The molecular formula is C29H37Cl2F2N5O3. The maximum atomic E-state index is 15.6.